The summed E-state index contributed by atoms with van der Waals surface area (Å²) in [6.45, 7) is 4.27. The number of aliphatic hydroxyl groups excluding tert-OH is 1. The Morgan fingerprint density at radius 1 is 1.25 bits per heavy atom. The summed E-state index contributed by atoms with van der Waals surface area (Å²) < 4.78 is 0. The summed E-state index contributed by atoms with van der Waals surface area (Å²) >= 11 is 1.61. The van der Waals surface area contributed by atoms with Gasteiger partial charge in [0.1, 0.15) is 0 Å². The lowest BCUT2D eigenvalue weighted by atomic mass is 10.0. The fourth-order valence-corrected chi connectivity index (χ4v) is 2.41. The zero-order valence-corrected chi connectivity index (χ0v) is 10.3. The van der Waals surface area contributed by atoms with Gasteiger partial charge in [-0.05, 0) is 30.5 Å². The molecule has 84 valence electrons. The van der Waals surface area contributed by atoms with Crippen molar-refractivity contribution >= 4 is 11.3 Å². The molecule has 0 saturated heterocycles. The molecule has 0 aliphatic carbocycles. The normalized spacial score (nSPS) is 10.7. The molecule has 2 aromatic rings. The average Bonchev–Trinajstić information content (AvgIpc) is 2.71. The Morgan fingerprint density at radius 3 is 2.69 bits per heavy atom. The van der Waals surface area contributed by atoms with E-state index in [2.05, 4.69) is 37.0 Å². The van der Waals surface area contributed by atoms with Crippen LogP contribution in [0.15, 0.2) is 23.6 Å². The fourth-order valence-electron chi connectivity index (χ4n) is 1.59. The number of nitrogens with zero attached hydrogens (tertiary/aromatic N) is 1. The second kappa shape index (κ2) is 4.76. The molecular weight excluding hydrogens is 218 g/mol. The minimum Gasteiger partial charge on any atom is -0.390 e. The van der Waals surface area contributed by atoms with E-state index in [0.717, 1.165) is 17.1 Å². The Morgan fingerprint density at radius 2 is 2.06 bits per heavy atom. The van der Waals surface area contributed by atoms with E-state index < -0.39 is 0 Å². The summed E-state index contributed by atoms with van der Waals surface area (Å²) in [6, 6.07) is 6.49. The number of benzene rings is 1. The monoisotopic (exact) mass is 233 g/mol. The molecule has 0 saturated carbocycles. The Kier molecular flexibility index (Phi) is 3.36. The molecule has 1 N–H and O–H groups in total. The van der Waals surface area contributed by atoms with Gasteiger partial charge in [0.2, 0.25) is 0 Å². The molecule has 1 aromatic heterocycles. The average molecular weight is 233 g/mol. The number of hydrogen-bond donors (Lipinski definition) is 1. The predicted octanol–water partition coefficient (Wildman–Crippen LogP) is 2.84. The van der Waals surface area contributed by atoms with Gasteiger partial charge in [-0.3, -0.25) is 0 Å². The van der Waals surface area contributed by atoms with Crippen LogP contribution in [0.1, 0.15) is 27.4 Å². The lowest BCUT2D eigenvalue weighted by molar-refractivity contribution is 0.277. The Balaban J connectivity index is 2.17. The molecule has 0 fully saturated rings. The molecule has 2 rings (SSSR count). The molecule has 0 amide bonds. The van der Waals surface area contributed by atoms with Gasteiger partial charge in [0, 0.05) is 11.8 Å². The summed E-state index contributed by atoms with van der Waals surface area (Å²) in [5, 5.41) is 11.9. The van der Waals surface area contributed by atoms with Gasteiger partial charge in [-0.25, -0.2) is 4.98 Å². The lowest BCUT2D eigenvalue weighted by Gasteiger charge is -2.03. The molecule has 0 spiro atoms. The SMILES string of the molecule is Cc1ccc(Cc2nc(CO)cs2)cc1C. The van der Waals surface area contributed by atoms with E-state index in [1.807, 2.05) is 5.38 Å². The standard InChI is InChI=1S/C13H15NOS/c1-9-3-4-11(5-10(9)2)6-13-14-12(7-15)8-16-13/h3-5,8,15H,6-7H2,1-2H3. The maximum absolute atomic E-state index is 8.94. The van der Waals surface area contributed by atoms with E-state index in [0.29, 0.717) is 0 Å². The van der Waals surface area contributed by atoms with Gasteiger partial charge >= 0.3 is 0 Å². The van der Waals surface area contributed by atoms with Crippen LogP contribution in [0.2, 0.25) is 0 Å². The number of aromatic nitrogens is 1. The van der Waals surface area contributed by atoms with Gasteiger partial charge in [-0.2, -0.15) is 0 Å². The Hall–Kier alpha value is -1.19. The van der Waals surface area contributed by atoms with Gasteiger partial charge < -0.3 is 5.11 Å². The first-order valence-electron chi connectivity index (χ1n) is 5.29. The maximum Gasteiger partial charge on any atom is 0.0973 e. The zero-order valence-electron chi connectivity index (χ0n) is 9.53. The van der Waals surface area contributed by atoms with Crippen molar-refractivity contribution in [1.29, 1.82) is 0 Å². The van der Waals surface area contributed by atoms with Gasteiger partial charge in [0.15, 0.2) is 0 Å². The van der Waals surface area contributed by atoms with Crippen molar-refractivity contribution in [2.45, 2.75) is 26.9 Å². The van der Waals surface area contributed by atoms with E-state index in [9.17, 15) is 0 Å². The molecule has 1 aromatic carbocycles. The number of thiazole rings is 1. The first-order chi connectivity index (χ1) is 7.69. The maximum atomic E-state index is 8.94. The van der Waals surface area contributed by atoms with Crippen LogP contribution in [0.5, 0.6) is 0 Å². The van der Waals surface area contributed by atoms with Crippen molar-refractivity contribution < 1.29 is 5.11 Å². The number of hydrogen-bond acceptors (Lipinski definition) is 3. The van der Waals surface area contributed by atoms with E-state index >= 15 is 0 Å². The highest BCUT2D eigenvalue weighted by molar-refractivity contribution is 7.09. The topological polar surface area (TPSA) is 33.1 Å². The second-order valence-corrected chi connectivity index (χ2v) is 4.93. The van der Waals surface area contributed by atoms with Crippen molar-refractivity contribution in [2.24, 2.45) is 0 Å². The summed E-state index contributed by atoms with van der Waals surface area (Å²) in [4.78, 5) is 4.34. The van der Waals surface area contributed by atoms with E-state index in [1.54, 1.807) is 11.3 Å². The van der Waals surface area contributed by atoms with Crippen LogP contribution in [0, 0.1) is 13.8 Å². The van der Waals surface area contributed by atoms with Gasteiger partial charge in [0.05, 0.1) is 17.3 Å². The van der Waals surface area contributed by atoms with Crippen LogP contribution in [-0.4, -0.2) is 10.1 Å². The highest BCUT2D eigenvalue weighted by Gasteiger charge is 2.03. The molecule has 2 nitrogen and oxygen atoms in total. The highest BCUT2D eigenvalue weighted by atomic mass is 32.1. The highest BCUT2D eigenvalue weighted by Crippen LogP contribution is 2.17. The molecule has 0 aliphatic rings. The third kappa shape index (κ3) is 2.49. The molecule has 1 heterocycles. The molecular formula is C13H15NOS. The molecule has 16 heavy (non-hydrogen) atoms. The van der Waals surface area contributed by atoms with Crippen LogP contribution in [0.4, 0.5) is 0 Å². The second-order valence-electron chi connectivity index (χ2n) is 3.99. The van der Waals surface area contributed by atoms with Crippen LogP contribution >= 0.6 is 11.3 Å². The Bertz CT molecular complexity index is 490. The Labute approximate surface area is 99.6 Å². The first kappa shape index (κ1) is 11.3. The molecule has 0 radical (unpaired) electrons. The van der Waals surface area contributed by atoms with Crippen LogP contribution in [0.25, 0.3) is 0 Å². The van der Waals surface area contributed by atoms with Gasteiger partial charge in [0.25, 0.3) is 0 Å². The number of aliphatic hydroxyl groups is 1. The van der Waals surface area contributed by atoms with Crippen molar-refractivity contribution in [3.8, 4) is 0 Å². The van der Waals surface area contributed by atoms with E-state index in [-0.39, 0.29) is 6.61 Å². The molecule has 0 unspecified atom stereocenters. The molecule has 3 heteroatoms. The third-order valence-electron chi connectivity index (χ3n) is 2.69. The van der Waals surface area contributed by atoms with E-state index in [4.69, 9.17) is 5.11 Å². The van der Waals surface area contributed by atoms with Crippen molar-refractivity contribution in [3.05, 3.63) is 51.0 Å². The minimum atomic E-state index is 0.0312. The minimum absolute atomic E-state index is 0.0312. The van der Waals surface area contributed by atoms with Crippen molar-refractivity contribution in [1.82, 2.24) is 4.98 Å². The molecule has 0 aliphatic heterocycles. The van der Waals surface area contributed by atoms with Crippen LogP contribution in [-0.2, 0) is 13.0 Å². The number of aryl methyl sites for hydroxylation is 2. The van der Waals surface area contributed by atoms with Crippen LogP contribution in [0.3, 0.4) is 0 Å². The van der Waals surface area contributed by atoms with Gasteiger partial charge in [-0.15, -0.1) is 11.3 Å². The zero-order chi connectivity index (χ0) is 11.5. The number of rotatable bonds is 3. The lowest BCUT2D eigenvalue weighted by Crippen LogP contribution is -1.91. The summed E-state index contributed by atoms with van der Waals surface area (Å²) in [6.07, 6.45) is 0.853. The summed E-state index contributed by atoms with van der Waals surface area (Å²) in [7, 11) is 0. The summed E-state index contributed by atoms with van der Waals surface area (Å²) in [5.41, 5.74) is 4.68. The van der Waals surface area contributed by atoms with Crippen molar-refractivity contribution in [3.63, 3.8) is 0 Å². The first-order valence-corrected chi connectivity index (χ1v) is 6.17. The largest absolute Gasteiger partial charge is 0.390 e. The van der Waals surface area contributed by atoms with Crippen molar-refractivity contribution in [2.75, 3.05) is 0 Å². The summed E-state index contributed by atoms with van der Waals surface area (Å²) in [5.74, 6) is 0. The molecule has 0 atom stereocenters. The van der Waals surface area contributed by atoms with E-state index in [1.165, 1.54) is 16.7 Å². The van der Waals surface area contributed by atoms with Gasteiger partial charge in [-0.1, -0.05) is 18.2 Å². The molecule has 0 bridgehead atoms. The quantitative estimate of drug-likeness (QED) is 0.884. The van der Waals surface area contributed by atoms with Crippen LogP contribution < -0.4 is 0 Å². The fraction of sp³-hybridized carbons (Fsp3) is 0.308. The smallest absolute Gasteiger partial charge is 0.0973 e. The third-order valence-corrected chi connectivity index (χ3v) is 3.59. The predicted molar refractivity (Wildman–Crippen MR) is 66.8 cm³/mol.